The molecular weight excluding hydrogens is 250 g/mol. The van der Waals surface area contributed by atoms with Gasteiger partial charge in [-0.1, -0.05) is 25.1 Å². The molecule has 0 aliphatic heterocycles. The van der Waals surface area contributed by atoms with Gasteiger partial charge in [-0.3, -0.25) is 0 Å². The number of hydrogen-bond acceptors (Lipinski definition) is 3. The summed E-state index contributed by atoms with van der Waals surface area (Å²) in [4.78, 5) is 0. The van der Waals surface area contributed by atoms with E-state index in [4.69, 9.17) is 15.2 Å². The monoisotopic (exact) mass is 271 g/mol. The molecule has 106 valence electrons. The average Bonchev–Trinajstić information content (AvgIpc) is 2.48. The topological polar surface area (TPSA) is 44.5 Å². The molecular formula is C17H21NO2. The number of para-hydroxylation sites is 1. The largest absolute Gasteiger partial charge is 0.493 e. The lowest BCUT2D eigenvalue weighted by Gasteiger charge is -2.13. The van der Waals surface area contributed by atoms with Crippen LogP contribution in [0.25, 0.3) is 0 Å². The highest BCUT2D eigenvalue weighted by Gasteiger charge is 2.06. The van der Waals surface area contributed by atoms with Crippen molar-refractivity contribution in [1.82, 2.24) is 0 Å². The fourth-order valence-corrected chi connectivity index (χ4v) is 1.95. The summed E-state index contributed by atoms with van der Waals surface area (Å²) in [7, 11) is 0. The fraction of sp³-hybridized carbons (Fsp3) is 0.294. The van der Waals surface area contributed by atoms with E-state index in [0.717, 1.165) is 42.3 Å². The molecule has 2 aromatic rings. The molecule has 2 rings (SSSR count). The molecule has 0 aliphatic rings. The van der Waals surface area contributed by atoms with E-state index in [-0.39, 0.29) is 0 Å². The first-order valence-corrected chi connectivity index (χ1v) is 7.02. The molecule has 0 aliphatic carbocycles. The molecule has 0 saturated carbocycles. The molecule has 3 heteroatoms. The van der Waals surface area contributed by atoms with E-state index in [1.807, 2.05) is 48.5 Å². The van der Waals surface area contributed by atoms with Gasteiger partial charge in [-0.2, -0.15) is 0 Å². The Kier molecular flexibility index (Phi) is 5.44. The predicted octanol–water partition coefficient (Wildman–Crippen LogP) is 3.77. The molecule has 0 amide bonds. The van der Waals surface area contributed by atoms with E-state index in [0.29, 0.717) is 6.54 Å². The van der Waals surface area contributed by atoms with Crippen LogP contribution in [0.2, 0.25) is 0 Å². The van der Waals surface area contributed by atoms with Crippen LogP contribution >= 0.6 is 0 Å². The predicted molar refractivity (Wildman–Crippen MR) is 81.5 cm³/mol. The Morgan fingerprint density at radius 2 is 1.80 bits per heavy atom. The highest BCUT2D eigenvalue weighted by molar-refractivity contribution is 5.42. The van der Waals surface area contributed by atoms with E-state index in [9.17, 15) is 0 Å². The minimum Gasteiger partial charge on any atom is -0.493 e. The number of hydrogen-bond donors (Lipinski definition) is 1. The summed E-state index contributed by atoms with van der Waals surface area (Å²) in [6.45, 7) is 3.41. The van der Waals surface area contributed by atoms with Gasteiger partial charge in [0.15, 0.2) is 0 Å². The smallest absolute Gasteiger partial charge is 0.127 e. The molecule has 0 heterocycles. The Morgan fingerprint density at radius 1 is 1.00 bits per heavy atom. The first-order chi connectivity index (χ1) is 9.83. The summed E-state index contributed by atoms with van der Waals surface area (Å²) in [5.74, 6) is 2.54. The van der Waals surface area contributed by atoms with Gasteiger partial charge in [-0.25, -0.2) is 0 Å². The maximum absolute atomic E-state index is 5.83. The van der Waals surface area contributed by atoms with Gasteiger partial charge in [0.2, 0.25) is 0 Å². The van der Waals surface area contributed by atoms with E-state index < -0.39 is 0 Å². The maximum Gasteiger partial charge on any atom is 0.127 e. The van der Waals surface area contributed by atoms with Crippen molar-refractivity contribution >= 4 is 0 Å². The number of benzene rings is 2. The highest BCUT2D eigenvalue weighted by atomic mass is 16.5. The molecule has 0 radical (unpaired) electrons. The zero-order valence-corrected chi connectivity index (χ0v) is 11.8. The quantitative estimate of drug-likeness (QED) is 0.833. The van der Waals surface area contributed by atoms with Crippen LogP contribution in [0.3, 0.4) is 0 Å². The lowest BCUT2D eigenvalue weighted by atomic mass is 10.1. The standard InChI is InChI=1S/C17H21NO2/c1-2-12-19-17-9-8-16(13-14(17)10-11-18)20-15-6-4-3-5-7-15/h3-9,13H,2,10-12,18H2,1H3. The van der Waals surface area contributed by atoms with Crippen LogP contribution < -0.4 is 15.2 Å². The van der Waals surface area contributed by atoms with Gasteiger partial charge in [0.05, 0.1) is 6.61 Å². The maximum atomic E-state index is 5.83. The van der Waals surface area contributed by atoms with Crippen molar-refractivity contribution in [1.29, 1.82) is 0 Å². The van der Waals surface area contributed by atoms with Gasteiger partial charge in [-0.15, -0.1) is 0 Å². The molecule has 0 atom stereocenters. The first kappa shape index (κ1) is 14.4. The Hall–Kier alpha value is -2.00. The normalized spacial score (nSPS) is 10.3. The van der Waals surface area contributed by atoms with Crippen molar-refractivity contribution in [2.75, 3.05) is 13.2 Å². The summed E-state index contributed by atoms with van der Waals surface area (Å²) >= 11 is 0. The van der Waals surface area contributed by atoms with Crippen LogP contribution in [-0.4, -0.2) is 13.2 Å². The third-order valence-electron chi connectivity index (χ3n) is 2.89. The molecule has 0 fully saturated rings. The molecule has 0 unspecified atom stereocenters. The van der Waals surface area contributed by atoms with Crippen molar-refractivity contribution in [2.45, 2.75) is 19.8 Å². The summed E-state index contributed by atoms with van der Waals surface area (Å²) in [6, 6.07) is 15.6. The van der Waals surface area contributed by atoms with Crippen molar-refractivity contribution in [2.24, 2.45) is 5.73 Å². The summed E-state index contributed by atoms with van der Waals surface area (Å²) in [6.07, 6.45) is 1.77. The van der Waals surface area contributed by atoms with Gasteiger partial charge >= 0.3 is 0 Å². The fourth-order valence-electron chi connectivity index (χ4n) is 1.95. The minimum absolute atomic E-state index is 0.595. The van der Waals surface area contributed by atoms with E-state index >= 15 is 0 Å². The van der Waals surface area contributed by atoms with Gasteiger partial charge in [0.25, 0.3) is 0 Å². The first-order valence-electron chi connectivity index (χ1n) is 7.02. The van der Waals surface area contributed by atoms with Crippen LogP contribution in [0.4, 0.5) is 0 Å². The molecule has 3 nitrogen and oxygen atoms in total. The molecule has 0 aromatic heterocycles. The van der Waals surface area contributed by atoms with Crippen LogP contribution in [0.5, 0.6) is 17.2 Å². The Labute approximate surface area is 120 Å². The van der Waals surface area contributed by atoms with E-state index in [1.165, 1.54) is 0 Å². The average molecular weight is 271 g/mol. The molecule has 2 N–H and O–H groups in total. The van der Waals surface area contributed by atoms with Crippen molar-refractivity contribution in [3.8, 4) is 17.2 Å². The van der Waals surface area contributed by atoms with Gasteiger partial charge in [0.1, 0.15) is 17.2 Å². The number of nitrogens with two attached hydrogens (primary N) is 1. The molecule has 0 bridgehead atoms. The minimum atomic E-state index is 0.595. The summed E-state index contributed by atoms with van der Waals surface area (Å²) in [5.41, 5.74) is 6.76. The van der Waals surface area contributed by atoms with Crippen molar-refractivity contribution < 1.29 is 9.47 Å². The Morgan fingerprint density at radius 3 is 2.50 bits per heavy atom. The summed E-state index contributed by atoms with van der Waals surface area (Å²) < 4.78 is 11.6. The van der Waals surface area contributed by atoms with E-state index in [1.54, 1.807) is 0 Å². The SMILES string of the molecule is CCCOc1ccc(Oc2ccccc2)cc1CCN. The van der Waals surface area contributed by atoms with E-state index in [2.05, 4.69) is 6.92 Å². The van der Waals surface area contributed by atoms with Gasteiger partial charge in [-0.05, 0) is 55.3 Å². The molecule has 0 saturated heterocycles. The molecule has 2 aromatic carbocycles. The second kappa shape index (κ2) is 7.56. The highest BCUT2D eigenvalue weighted by Crippen LogP contribution is 2.28. The number of ether oxygens (including phenoxy) is 2. The lowest BCUT2D eigenvalue weighted by molar-refractivity contribution is 0.313. The van der Waals surface area contributed by atoms with Crippen LogP contribution in [0.1, 0.15) is 18.9 Å². The van der Waals surface area contributed by atoms with Crippen LogP contribution in [0.15, 0.2) is 48.5 Å². The van der Waals surface area contributed by atoms with Crippen LogP contribution in [-0.2, 0) is 6.42 Å². The lowest BCUT2D eigenvalue weighted by Crippen LogP contribution is -2.06. The third-order valence-corrected chi connectivity index (χ3v) is 2.89. The summed E-state index contributed by atoms with van der Waals surface area (Å²) in [5, 5.41) is 0. The second-order valence-electron chi connectivity index (χ2n) is 4.57. The van der Waals surface area contributed by atoms with Gasteiger partial charge in [0, 0.05) is 0 Å². The second-order valence-corrected chi connectivity index (χ2v) is 4.57. The Balaban J connectivity index is 2.16. The van der Waals surface area contributed by atoms with Crippen molar-refractivity contribution in [3.63, 3.8) is 0 Å². The number of rotatable bonds is 7. The molecule has 0 spiro atoms. The van der Waals surface area contributed by atoms with Crippen molar-refractivity contribution in [3.05, 3.63) is 54.1 Å². The molecule has 20 heavy (non-hydrogen) atoms. The zero-order valence-electron chi connectivity index (χ0n) is 11.8. The Bertz CT molecular complexity index is 526. The van der Waals surface area contributed by atoms with Crippen LogP contribution in [0, 0.1) is 0 Å². The van der Waals surface area contributed by atoms with Gasteiger partial charge < -0.3 is 15.2 Å². The zero-order chi connectivity index (χ0) is 14.2. The third kappa shape index (κ3) is 4.00.